The van der Waals surface area contributed by atoms with E-state index in [0.29, 0.717) is 11.1 Å². The van der Waals surface area contributed by atoms with E-state index in [-0.39, 0.29) is 29.8 Å². The first-order valence-corrected chi connectivity index (χ1v) is 9.56. The topological polar surface area (TPSA) is 95.6 Å². The van der Waals surface area contributed by atoms with Crippen LogP contribution >= 0.6 is 0 Å². The zero-order valence-corrected chi connectivity index (χ0v) is 15.0. The molecule has 3 rings (SSSR count). The summed E-state index contributed by atoms with van der Waals surface area (Å²) in [4.78, 5) is 24.1. The van der Waals surface area contributed by atoms with Gasteiger partial charge in [-0.05, 0) is 29.8 Å². The van der Waals surface area contributed by atoms with E-state index >= 15 is 0 Å². The summed E-state index contributed by atoms with van der Waals surface area (Å²) in [5.41, 5.74) is 0.970. The molecule has 0 unspecified atom stereocenters. The first kappa shape index (κ1) is 18.1. The molecule has 0 saturated carbocycles. The average molecular weight is 373 g/mol. The Hall–Kier alpha value is -2.71. The van der Waals surface area contributed by atoms with Crippen molar-refractivity contribution < 1.29 is 18.0 Å². The van der Waals surface area contributed by atoms with Gasteiger partial charge in [-0.3, -0.25) is 9.59 Å². The van der Waals surface area contributed by atoms with Crippen molar-refractivity contribution in [3.63, 3.8) is 0 Å². The molecule has 0 bridgehead atoms. The fraction of sp³-hybridized carbons (Fsp3) is 0.222. The highest BCUT2D eigenvalue weighted by Crippen LogP contribution is 2.29. The van der Waals surface area contributed by atoms with E-state index in [1.165, 1.54) is 35.6 Å². The molecule has 136 valence electrons. The number of piperazine rings is 1. The van der Waals surface area contributed by atoms with Crippen LogP contribution in [-0.4, -0.2) is 44.7 Å². The van der Waals surface area contributed by atoms with Gasteiger partial charge in [0.1, 0.15) is 6.04 Å². The molecule has 0 radical (unpaired) electrons. The lowest BCUT2D eigenvalue weighted by Gasteiger charge is -2.34. The summed E-state index contributed by atoms with van der Waals surface area (Å²) in [6.45, 7) is 0.419. The van der Waals surface area contributed by atoms with Crippen LogP contribution in [0.25, 0.3) is 0 Å². The highest BCUT2D eigenvalue weighted by Gasteiger charge is 2.39. The lowest BCUT2D eigenvalue weighted by molar-refractivity contribution is -0.126. The summed E-state index contributed by atoms with van der Waals surface area (Å²) in [6, 6.07) is 13.5. The molecule has 2 aromatic rings. The summed E-state index contributed by atoms with van der Waals surface area (Å²) in [5, 5.41) is 5.20. The van der Waals surface area contributed by atoms with Gasteiger partial charge in [-0.15, -0.1) is 0 Å². The molecular weight excluding hydrogens is 354 g/mol. The van der Waals surface area contributed by atoms with Crippen molar-refractivity contribution in [1.82, 2.24) is 14.9 Å². The van der Waals surface area contributed by atoms with Crippen molar-refractivity contribution in [3.05, 3.63) is 65.7 Å². The van der Waals surface area contributed by atoms with Gasteiger partial charge in [-0.1, -0.05) is 30.3 Å². The standard InChI is InChI=1S/C18H19N3O4S/c1-19-17(22)14-7-9-15(10-8-14)26(24,25)21-12-11-20-18(23)16(21)13-5-3-2-4-6-13/h2-10,16H,11-12H2,1H3,(H,19,22)(H,20,23)/t16-/m0/s1. The molecule has 26 heavy (non-hydrogen) atoms. The molecule has 2 N–H and O–H groups in total. The van der Waals surface area contributed by atoms with Crippen LogP contribution in [0.5, 0.6) is 0 Å². The zero-order valence-electron chi connectivity index (χ0n) is 14.2. The van der Waals surface area contributed by atoms with Gasteiger partial charge in [0.05, 0.1) is 4.90 Å². The van der Waals surface area contributed by atoms with E-state index in [2.05, 4.69) is 10.6 Å². The second-order valence-corrected chi connectivity index (χ2v) is 7.71. The van der Waals surface area contributed by atoms with Gasteiger partial charge in [0.15, 0.2) is 0 Å². The van der Waals surface area contributed by atoms with E-state index in [0.717, 1.165) is 0 Å². The molecule has 0 aromatic heterocycles. The Kier molecular flexibility index (Phi) is 5.06. The molecule has 2 aromatic carbocycles. The summed E-state index contributed by atoms with van der Waals surface area (Å²) in [6.07, 6.45) is 0. The number of hydrogen-bond donors (Lipinski definition) is 2. The van der Waals surface area contributed by atoms with Crippen LogP contribution in [0.3, 0.4) is 0 Å². The second-order valence-electron chi connectivity index (χ2n) is 5.82. The largest absolute Gasteiger partial charge is 0.355 e. The Morgan fingerprint density at radius 2 is 1.77 bits per heavy atom. The molecule has 7 nitrogen and oxygen atoms in total. The Balaban J connectivity index is 1.98. The van der Waals surface area contributed by atoms with E-state index in [4.69, 9.17) is 0 Å². The summed E-state index contributed by atoms with van der Waals surface area (Å²) >= 11 is 0. The monoisotopic (exact) mass is 373 g/mol. The average Bonchev–Trinajstić information content (AvgIpc) is 2.68. The summed E-state index contributed by atoms with van der Waals surface area (Å²) in [5.74, 6) is -0.651. The van der Waals surface area contributed by atoms with E-state index in [9.17, 15) is 18.0 Å². The number of amides is 2. The number of carbonyl (C=O) groups excluding carboxylic acids is 2. The lowest BCUT2D eigenvalue weighted by Crippen LogP contribution is -2.52. The number of nitrogens with zero attached hydrogens (tertiary/aromatic N) is 1. The predicted octanol–water partition coefficient (Wildman–Crippen LogP) is 0.908. The van der Waals surface area contributed by atoms with Crippen LogP contribution in [0.4, 0.5) is 0 Å². The van der Waals surface area contributed by atoms with Gasteiger partial charge in [-0.25, -0.2) is 8.42 Å². The number of nitrogens with one attached hydrogen (secondary N) is 2. The fourth-order valence-corrected chi connectivity index (χ4v) is 4.49. The molecule has 8 heteroatoms. The Morgan fingerprint density at radius 3 is 2.38 bits per heavy atom. The molecule has 2 amide bonds. The highest BCUT2D eigenvalue weighted by atomic mass is 32.2. The highest BCUT2D eigenvalue weighted by molar-refractivity contribution is 7.89. The number of sulfonamides is 1. The summed E-state index contributed by atoms with van der Waals surface area (Å²) < 4.78 is 27.4. The predicted molar refractivity (Wildman–Crippen MR) is 95.9 cm³/mol. The molecule has 1 saturated heterocycles. The van der Waals surface area contributed by atoms with Crippen LogP contribution in [0.1, 0.15) is 22.0 Å². The maximum atomic E-state index is 13.1. The van der Waals surface area contributed by atoms with Crippen LogP contribution in [0.15, 0.2) is 59.5 Å². The maximum Gasteiger partial charge on any atom is 0.251 e. The van der Waals surface area contributed by atoms with Crippen molar-refractivity contribution >= 4 is 21.8 Å². The third kappa shape index (κ3) is 3.33. The molecule has 1 heterocycles. The normalized spacial score (nSPS) is 18.2. The first-order valence-electron chi connectivity index (χ1n) is 8.12. The van der Waals surface area contributed by atoms with E-state index < -0.39 is 16.1 Å². The van der Waals surface area contributed by atoms with Crippen LogP contribution in [0, 0.1) is 0 Å². The minimum absolute atomic E-state index is 0.0424. The van der Waals surface area contributed by atoms with E-state index in [1.54, 1.807) is 30.3 Å². The fourth-order valence-electron chi connectivity index (χ4n) is 2.92. The molecule has 1 aliphatic rings. The SMILES string of the molecule is CNC(=O)c1ccc(S(=O)(=O)N2CCNC(=O)[C@@H]2c2ccccc2)cc1. The lowest BCUT2D eigenvalue weighted by atomic mass is 10.1. The number of benzene rings is 2. The van der Waals surface area contributed by atoms with Gasteiger partial charge in [0.25, 0.3) is 5.91 Å². The van der Waals surface area contributed by atoms with Crippen molar-refractivity contribution in [2.75, 3.05) is 20.1 Å². The van der Waals surface area contributed by atoms with Crippen molar-refractivity contribution in [1.29, 1.82) is 0 Å². The smallest absolute Gasteiger partial charge is 0.251 e. The van der Waals surface area contributed by atoms with Crippen LogP contribution < -0.4 is 10.6 Å². The van der Waals surface area contributed by atoms with Crippen LogP contribution in [0.2, 0.25) is 0 Å². The van der Waals surface area contributed by atoms with Gasteiger partial charge in [-0.2, -0.15) is 4.31 Å². The molecule has 1 atom stereocenters. The van der Waals surface area contributed by atoms with Gasteiger partial charge >= 0.3 is 0 Å². The number of rotatable bonds is 4. The number of hydrogen-bond acceptors (Lipinski definition) is 4. The molecule has 1 aliphatic heterocycles. The van der Waals surface area contributed by atoms with E-state index in [1.807, 2.05) is 0 Å². The number of carbonyl (C=O) groups is 2. The Bertz CT molecular complexity index is 911. The molecule has 1 fully saturated rings. The molecule has 0 spiro atoms. The second kappa shape index (κ2) is 7.27. The van der Waals surface area contributed by atoms with Crippen LogP contribution in [-0.2, 0) is 14.8 Å². The molecular formula is C18H19N3O4S. The van der Waals surface area contributed by atoms with Crippen molar-refractivity contribution in [2.24, 2.45) is 0 Å². The van der Waals surface area contributed by atoms with Gasteiger partial charge < -0.3 is 10.6 Å². The third-order valence-electron chi connectivity index (χ3n) is 4.23. The quantitative estimate of drug-likeness (QED) is 0.833. The first-order chi connectivity index (χ1) is 12.4. The third-order valence-corrected chi connectivity index (χ3v) is 6.11. The zero-order chi connectivity index (χ0) is 18.7. The molecule has 0 aliphatic carbocycles. The van der Waals surface area contributed by atoms with Crippen molar-refractivity contribution in [2.45, 2.75) is 10.9 Å². The van der Waals surface area contributed by atoms with Crippen molar-refractivity contribution in [3.8, 4) is 0 Å². The minimum atomic E-state index is -3.90. The Morgan fingerprint density at radius 1 is 1.12 bits per heavy atom. The van der Waals surface area contributed by atoms with Gasteiger partial charge in [0, 0.05) is 25.7 Å². The maximum absolute atomic E-state index is 13.1. The Labute approximate surface area is 152 Å². The summed E-state index contributed by atoms with van der Waals surface area (Å²) in [7, 11) is -2.40. The van der Waals surface area contributed by atoms with Gasteiger partial charge in [0.2, 0.25) is 15.9 Å². The minimum Gasteiger partial charge on any atom is -0.355 e.